The first-order valence-corrected chi connectivity index (χ1v) is 7.17. The summed E-state index contributed by atoms with van der Waals surface area (Å²) < 4.78 is 16.0. The Bertz CT molecular complexity index is 817. The van der Waals surface area contributed by atoms with Crippen molar-refractivity contribution >= 4 is 17.4 Å². The van der Waals surface area contributed by atoms with Crippen molar-refractivity contribution in [2.24, 2.45) is 5.10 Å². The molecular formula is C17H16N2O5. The summed E-state index contributed by atoms with van der Waals surface area (Å²) in [6, 6.07) is 10.1. The minimum Gasteiger partial charge on any atom is -0.497 e. The molecule has 24 heavy (non-hydrogen) atoms. The molecule has 0 saturated heterocycles. The topological polar surface area (TPSA) is 89.4 Å². The van der Waals surface area contributed by atoms with Crippen LogP contribution in [0.1, 0.15) is 15.9 Å². The van der Waals surface area contributed by atoms with Crippen molar-refractivity contribution in [2.45, 2.75) is 0 Å². The van der Waals surface area contributed by atoms with Crippen molar-refractivity contribution in [3.8, 4) is 17.2 Å². The van der Waals surface area contributed by atoms with Gasteiger partial charge in [0.1, 0.15) is 29.6 Å². The number of carboxylic acid groups (broad SMARTS) is 1. The fourth-order valence-electron chi connectivity index (χ4n) is 2.35. The number of nitrogens with one attached hydrogen (secondary N) is 1. The van der Waals surface area contributed by atoms with Gasteiger partial charge in [0.25, 0.3) is 0 Å². The van der Waals surface area contributed by atoms with E-state index in [1.807, 2.05) is 12.1 Å². The molecule has 0 unspecified atom stereocenters. The van der Waals surface area contributed by atoms with Crippen molar-refractivity contribution in [3.63, 3.8) is 0 Å². The predicted molar refractivity (Wildman–Crippen MR) is 88.6 cm³/mol. The molecule has 0 radical (unpaired) electrons. The molecule has 0 aromatic heterocycles. The van der Waals surface area contributed by atoms with Crippen LogP contribution >= 0.6 is 0 Å². The van der Waals surface area contributed by atoms with Gasteiger partial charge in [-0.2, -0.15) is 5.10 Å². The van der Waals surface area contributed by atoms with Crippen LogP contribution in [0.2, 0.25) is 0 Å². The summed E-state index contributed by atoms with van der Waals surface area (Å²) in [6.07, 6.45) is 0. The number of methoxy groups -OCH3 is 2. The van der Waals surface area contributed by atoms with Gasteiger partial charge in [-0.3, -0.25) is 5.43 Å². The maximum Gasteiger partial charge on any atom is 0.335 e. The summed E-state index contributed by atoms with van der Waals surface area (Å²) in [7, 11) is 3.07. The van der Waals surface area contributed by atoms with Crippen molar-refractivity contribution in [1.29, 1.82) is 0 Å². The average Bonchev–Trinajstić information content (AvgIpc) is 3.01. The van der Waals surface area contributed by atoms with Crippen molar-refractivity contribution in [1.82, 2.24) is 0 Å². The third-order valence-electron chi connectivity index (χ3n) is 3.62. The van der Waals surface area contributed by atoms with Crippen LogP contribution in [0.15, 0.2) is 41.5 Å². The van der Waals surface area contributed by atoms with E-state index in [0.717, 1.165) is 11.3 Å². The largest absolute Gasteiger partial charge is 0.497 e. The third-order valence-corrected chi connectivity index (χ3v) is 3.62. The molecule has 0 bridgehead atoms. The highest BCUT2D eigenvalue weighted by atomic mass is 16.5. The standard InChI is InChI=1S/C17H16N2O5/c1-22-11-4-5-12-14(9-24-15(12)8-11)19-18-13-6-3-10(17(20)21)7-16(13)23-2/h3-8,18H,9H2,1-2H3,(H,20,21)/b19-14-. The van der Waals surface area contributed by atoms with E-state index < -0.39 is 5.97 Å². The number of ether oxygens (including phenoxy) is 3. The van der Waals surface area contributed by atoms with E-state index in [0.29, 0.717) is 29.5 Å². The Labute approximate surface area is 138 Å². The molecule has 0 fully saturated rings. The zero-order valence-corrected chi connectivity index (χ0v) is 13.2. The minimum atomic E-state index is -1.02. The molecule has 2 aromatic rings. The maximum absolute atomic E-state index is 11.0. The van der Waals surface area contributed by atoms with Crippen LogP contribution < -0.4 is 19.6 Å². The van der Waals surface area contributed by atoms with Crippen LogP contribution in [0.3, 0.4) is 0 Å². The van der Waals surface area contributed by atoms with Crippen molar-refractivity contribution < 1.29 is 24.1 Å². The van der Waals surface area contributed by atoms with E-state index in [2.05, 4.69) is 10.5 Å². The first kappa shape index (κ1) is 15.7. The SMILES string of the molecule is COc1ccc2c(c1)OC/C2=N/Nc1ccc(C(=O)O)cc1OC. The van der Waals surface area contributed by atoms with Gasteiger partial charge in [0, 0.05) is 11.6 Å². The average molecular weight is 328 g/mol. The Balaban J connectivity index is 1.84. The van der Waals surface area contributed by atoms with Gasteiger partial charge in [0.15, 0.2) is 0 Å². The molecule has 0 spiro atoms. The lowest BCUT2D eigenvalue weighted by atomic mass is 10.1. The van der Waals surface area contributed by atoms with Crippen molar-refractivity contribution in [2.75, 3.05) is 26.3 Å². The number of fused-ring (bicyclic) bond motifs is 1. The Hall–Kier alpha value is -3.22. The number of hydrazone groups is 1. The molecular weight excluding hydrogens is 312 g/mol. The molecule has 7 nitrogen and oxygen atoms in total. The molecule has 2 aromatic carbocycles. The van der Waals surface area contributed by atoms with Crippen LogP contribution in [-0.4, -0.2) is 37.6 Å². The van der Waals surface area contributed by atoms with Gasteiger partial charge >= 0.3 is 5.97 Å². The molecule has 124 valence electrons. The van der Waals surface area contributed by atoms with Crippen LogP contribution in [0.5, 0.6) is 17.2 Å². The summed E-state index contributed by atoms with van der Waals surface area (Å²) in [5, 5.41) is 13.4. The first-order chi connectivity index (χ1) is 11.6. The quantitative estimate of drug-likeness (QED) is 0.820. The van der Waals surface area contributed by atoms with Crippen LogP contribution in [0.4, 0.5) is 5.69 Å². The number of aromatic carboxylic acids is 1. The second kappa shape index (κ2) is 6.49. The zero-order valence-electron chi connectivity index (χ0n) is 13.2. The molecule has 1 aliphatic heterocycles. The van der Waals surface area contributed by atoms with Gasteiger partial charge in [-0.15, -0.1) is 0 Å². The van der Waals surface area contributed by atoms with E-state index in [9.17, 15) is 4.79 Å². The lowest BCUT2D eigenvalue weighted by Crippen LogP contribution is -2.06. The van der Waals surface area contributed by atoms with Gasteiger partial charge in [-0.25, -0.2) is 4.79 Å². The molecule has 0 amide bonds. The van der Waals surface area contributed by atoms with Gasteiger partial charge in [0.05, 0.1) is 25.5 Å². The number of hydrogen-bond donors (Lipinski definition) is 2. The summed E-state index contributed by atoms with van der Waals surface area (Å²) >= 11 is 0. The van der Waals surface area contributed by atoms with Gasteiger partial charge < -0.3 is 19.3 Å². The van der Waals surface area contributed by atoms with Crippen LogP contribution in [0, 0.1) is 0 Å². The highest BCUT2D eigenvalue weighted by Gasteiger charge is 2.20. The van der Waals surface area contributed by atoms with E-state index in [-0.39, 0.29) is 5.56 Å². The molecule has 0 aliphatic carbocycles. The number of nitrogens with zero attached hydrogens (tertiary/aromatic N) is 1. The van der Waals surface area contributed by atoms with E-state index >= 15 is 0 Å². The number of anilines is 1. The van der Waals surface area contributed by atoms with Crippen LogP contribution in [-0.2, 0) is 0 Å². The second-order valence-electron chi connectivity index (χ2n) is 5.04. The number of hydrogen-bond acceptors (Lipinski definition) is 6. The Morgan fingerprint density at radius 1 is 1.21 bits per heavy atom. The predicted octanol–water partition coefficient (Wildman–Crippen LogP) is 2.61. The highest BCUT2D eigenvalue weighted by molar-refractivity contribution is 6.06. The maximum atomic E-state index is 11.0. The smallest absolute Gasteiger partial charge is 0.335 e. The zero-order chi connectivity index (χ0) is 17.1. The Morgan fingerprint density at radius 2 is 2.04 bits per heavy atom. The van der Waals surface area contributed by atoms with E-state index in [4.69, 9.17) is 19.3 Å². The second-order valence-corrected chi connectivity index (χ2v) is 5.04. The number of benzene rings is 2. The van der Waals surface area contributed by atoms with Gasteiger partial charge in [-0.05, 0) is 30.3 Å². The highest BCUT2D eigenvalue weighted by Crippen LogP contribution is 2.31. The molecule has 3 rings (SSSR count). The van der Waals surface area contributed by atoms with Crippen LogP contribution in [0.25, 0.3) is 0 Å². The fraction of sp³-hybridized carbons (Fsp3) is 0.176. The molecule has 1 aliphatic rings. The number of carbonyl (C=O) groups is 1. The lowest BCUT2D eigenvalue weighted by molar-refractivity contribution is 0.0696. The monoisotopic (exact) mass is 328 g/mol. The normalized spacial score (nSPS) is 14.0. The lowest BCUT2D eigenvalue weighted by Gasteiger charge is -2.09. The van der Waals surface area contributed by atoms with Crippen molar-refractivity contribution in [3.05, 3.63) is 47.5 Å². The Morgan fingerprint density at radius 3 is 2.75 bits per heavy atom. The number of carboxylic acids is 1. The summed E-state index contributed by atoms with van der Waals surface area (Å²) in [5.41, 5.74) is 5.22. The first-order valence-electron chi connectivity index (χ1n) is 7.17. The minimum absolute atomic E-state index is 0.145. The van der Waals surface area contributed by atoms with Gasteiger partial charge in [-0.1, -0.05) is 0 Å². The molecule has 7 heteroatoms. The fourth-order valence-corrected chi connectivity index (χ4v) is 2.35. The van der Waals surface area contributed by atoms with E-state index in [1.54, 1.807) is 19.2 Å². The molecule has 1 heterocycles. The summed E-state index contributed by atoms with van der Waals surface area (Å²) in [4.78, 5) is 11.0. The van der Waals surface area contributed by atoms with E-state index in [1.165, 1.54) is 19.2 Å². The number of rotatable bonds is 5. The molecule has 0 atom stereocenters. The summed E-state index contributed by atoms with van der Waals surface area (Å²) in [5.74, 6) is 0.809. The Kier molecular flexibility index (Phi) is 4.24. The van der Waals surface area contributed by atoms with Gasteiger partial charge in [0.2, 0.25) is 0 Å². The third kappa shape index (κ3) is 2.96. The molecule has 2 N–H and O–H groups in total. The summed E-state index contributed by atoms with van der Waals surface area (Å²) in [6.45, 7) is 0.338. The molecule has 0 saturated carbocycles.